The van der Waals surface area contributed by atoms with Crippen LogP contribution in [0.4, 0.5) is 0 Å². The van der Waals surface area contributed by atoms with Gasteiger partial charge in [0.1, 0.15) is 0 Å². The normalized spacial score (nSPS) is 18.4. The third-order valence-electron chi connectivity index (χ3n) is 3.36. The number of aliphatic imine (C=N–C) groups is 1. The zero-order chi connectivity index (χ0) is 13.0. The zero-order valence-electron chi connectivity index (χ0n) is 10.3. The largest absolute Gasteiger partial charge is 0.317 e. The molecule has 0 bridgehead atoms. The van der Waals surface area contributed by atoms with Crippen molar-refractivity contribution in [2.24, 2.45) is 4.99 Å². The van der Waals surface area contributed by atoms with Crippen molar-refractivity contribution in [2.45, 2.75) is 6.92 Å². The highest BCUT2D eigenvalue weighted by atomic mass is 35.5. The van der Waals surface area contributed by atoms with Crippen LogP contribution in [-0.4, -0.2) is 23.2 Å². The lowest BCUT2D eigenvalue weighted by Gasteiger charge is -2.15. The van der Waals surface area contributed by atoms with Gasteiger partial charge in [-0.3, -0.25) is 4.99 Å². The van der Waals surface area contributed by atoms with Gasteiger partial charge in [-0.05, 0) is 36.6 Å². The van der Waals surface area contributed by atoms with Gasteiger partial charge in [-0.2, -0.15) is 0 Å². The highest BCUT2D eigenvalue weighted by Gasteiger charge is 2.31. The quantitative estimate of drug-likeness (QED) is 0.761. The molecule has 2 aliphatic rings. The van der Waals surface area contributed by atoms with Crippen molar-refractivity contribution in [1.29, 1.82) is 0 Å². The van der Waals surface area contributed by atoms with Crippen molar-refractivity contribution >= 4 is 55.7 Å². The summed E-state index contributed by atoms with van der Waals surface area (Å²) in [5.74, 6) is 0. The number of hydrogen-bond donors (Lipinski definition) is 0. The molecule has 0 radical (unpaired) electrons. The standard InChI is InChI=1S/C14H11ClN2S2/c1-8-13(17-5-4-16-14(17)18-8)12-7-9-6-10(15)2-3-11(9)19-12/h2-3,6-7H,4-5H2,1H3. The maximum atomic E-state index is 6.06. The summed E-state index contributed by atoms with van der Waals surface area (Å²) in [7, 11) is 0. The van der Waals surface area contributed by atoms with E-state index in [1.54, 1.807) is 11.8 Å². The fourth-order valence-corrected chi connectivity index (χ4v) is 4.97. The summed E-state index contributed by atoms with van der Waals surface area (Å²) in [6, 6.07) is 8.33. The fourth-order valence-electron chi connectivity index (χ4n) is 2.53. The van der Waals surface area contributed by atoms with Gasteiger partial charge in [0, 0.05) is 21.2 Å². The lowest BCUT2D eigenvalue weighted by atomic mass is 10.2. The van der Waals surface area contributed by atoms with Gasteiger partial charge in [0.25, 0.3) is 0 Å². The lowest BCUT2D eigenvalue weighted by molar-refractivity contribution is 0.649. The molecule has 1 aromatic heterocycles. The van der Waals surface area contributed by atoms with Crippen molar-refractivity contribution in [3.05, 3.63) is 39.1 Å². The second kappa shape index (κ2) is 4.27. The Morgan fingerprint density at radius 2 is 2.21 bits per heavy atom. The molecule has 2 aliphatic heterocycles. The van der Waals surface area contributed by atoms with Gasteiger partial charge in [0.2, 0.25) is 0 Å². The van der Waals surface area contributed by atoms with Gasteiger partial charge in [0.05, 0.1) is 17.1 Å². The summed E-state index contributed by atoms with van der Waals surface area (Å²) >= 11 is 9.68. The van der Waals surface area contributed by atoms with Gasteiger partial charge in [-0.15, -0.1) is 11.3 Å². The molecular formula is C14H11ClN2S2. The number of fused-ring (bicyclic) bond motifs is 2. The Balaban J connectivity index is 1.86. The van der Waals surface area contributed by atoms with E-state index in [1.165, 1.54) is 25.6 Å². The topological polar surface area (TPSA) is 15.6 Å². The summed E-state index contributed by atoms with van der Waals surface area (Å²) in [5, 5.41) is 3.18. The van der Waals surface area contributed by atoms with Crippen LogP contribution in [0.2, 0.25) is 5.02 Å². The third kappa shape index (κ3) is 1.82. The van der Waals surface area contributed by atoms with E-state index in [0.717, 1.165) is 23.3 Å². The lowest BCUT2D eigenvalue weighted by Crippen LogP contribution is -2.19. The van der Waals surface area contributed by atoms with Gasteiger partial charge < -0.3 is 4.90 Å². The SMILES string of the molecule is CC1=C(c2cc3cc(Cl)ccc3s2)N2CCN=C2S1. The first-order valence-corrected chi connectivity index (χ1v) is 8.14. The van der Waals surface area contributed by atoms with Crippen LogP contribution in [0, 0.1) is 0 Å². The molecular weight excluding hydrogens is 296 g/mol. The molecule has 19 heavy (non-hydrogen) atoms. The van der Waals surface area contributed by atoms with Gasteiger partial charge >= 0.3 is 0 Å². The highest BCUT2D eigenvalue weighted by molar-refractivity contribution is 8.17. The van der Waals surface area contributed by atoms with E-state index in [0.29, 0.717) is 0 Å². The molecule has 0 spiro atoms. The predicted octanol–water partition coefficient (Wildman–Crippen LogP) is 4.66. The predicted molar refractivity (Wildman–Crippen MR) is 86.0 cm³/mol. The molecule has 0 amide bonds. The van der Waals surface area contributed by atoms with E-state index in [2.05, 4.69) is 28.9 Å². The molecule has 3 heterocycles. The number of allylic oxidation sites excluding steroid dienone is 1. The summed E-state index contributed by atoms with van der Waals surface area (Å²) in [6.07, 6.45) is 0. The molecule has 2 aromatic rings. The first kappa shape index (κ1) is 11.8. The molecule has 5 heteroatoms. The summed E-state index contributed by atoms with van der Waals surface area (Å²) in [5.41, 5.74) is 1.33. The molecule has 1 aromatic carbocycles. The monoisotopic (exact) mass is 306 g/mol. The van der Waals surface area contributed by atoms with Crippen LogP contribution in [0.25, 0.3) is 15.8 Å². The van der Waals surface area contributed by atoms with Crippen LogP contribution < -0.4 is 0 Å². The van der Waals surface area contributed by atoms with Crippen molar-refractivity contribution in [3.8, 4) is 0 Å². The minimum atomic E-state index is 0.798. The Kier molecular flexibility index (Phi) is 2.65. The second-order valence-corrected chi connectivity index (χ2v) is 7.32. The molecule has 0 atom stereocenters. The minimum Gasteiger partial charge on any atom is -0.317 e. The maximum Gasteiger partial charge on any atom is 0.168 e. The van der Waals surface area contributed by atoms with Crippen molar-refractivity contribution in [1.82, 2.24) is 4.90 Å². The van der Waals surface area contributed by atoms with Crippen LogP contribution in [-0.2, 0) is 0 Å². The number of thioether (sulfide) groups is 1. The van der Waals surface area contributed by atoms with E-state index >= 15 is 0 Å². The Morgan fingerprint density at radius 3 is 3.11 bits per heavy atom. The van der Waals surface area contributed by atoms with E-state index in [1.807, 2.05) is 23.5 Å². The molecule has 0 saturated carbocycles. The number of nitrogens with zero attached hydrogens (tertiary/aromatic N) is 2. The van der Waals surface area contributed by atoms with Crippen LogP contribution in [0.3, 0.4) is 0 Å². The molecule has 0 fully saturated rings. The van der Waals surface area contributed by atoms with E-state index < -0.39 is 0 Å². The van der Waals surface area contributed by atoms with Crippen LogP contribution >= 0.6 is 34.7 Å². The number of rotatable bonds is 1. The first-order chi connectivity index (χ1) is 9.22. The highest BCUT2D eigenvalue weighted by Crippen LogP contribution is 2.44. The molecule has 96 valence electrons. The zero-order valence-corrected chi connectivity index (χ0v) is 12.7. The molecule has 2 nitrogen and oxygen atoms in total. The van der Waals surface area contributed by atoms with Crippen LogP contribution in [0.1, 0.15) is 11.8 Å². The van der Waals surface area contributed by atoms with Crippen LogP contribution in [0.5, 0.6) is 0 Å². The van der Waals surface area contributed by atoms with E-state index in [4.69, 9.17) is 11.6 Å². The Labute approximate surface area is 124 Å². The average Bonchev–Trinajstić information content (AvgIpc) is 3.01. The molecule has 0 N–H and O–H groups in total. The second-order valence-electron chi connectivity index (χ2n) is 4.62. The minimum absolute atomic E-state index is 0.798. The van der Waals surface area contributed by atoms with E-state index in [9.17, 15) is 0 Å². The van der Waals surface area contributed by atoms with E-state index in [-0.39, 0.29) is 0 Å². The van der Waals surface area contributed by atoms with Crippen molar-refractivity contribution in [2.75, 3.05) is 13.1 Å². The number of halogens is 1. The molecule has 0 unspecified atom stereocenters. The van der Waals surface area contributed by atoms with Gasteiger partial charge in [-0.25, -0.2) is 0 Å². The number of thiophene rings is 1. The summed E-state index contributed by atoms with van der Waals surface area (Å²) in [6.45, 7) is 4.10. The van der Waals surface area contributed by atoms with Crippen molar-refractivity contribution in [3.63, 3.8) is 0 Å². The summed E-state index contributed by atoms with van der Waals surface area (Å²) < 4.78 is 1.29. The Morgan fingerprint density at radius 1 is 1.32 bits per heavy atom. The number of benzene rings is 1. The van der Waals surface area contributed by atoms with Gasteiger partial charge in [-0.1, -0.05) is 23.4 Å². The maximum absolute atomic E-state index is 6.06. The van der Waals surface area contributed by atoms with Crippen LogP contribution in [0.15, 0.2) is 34.2 Å². The first-order valence-electron chi connectivity index (χ1n) is 6.12. The van der Waals surface area contributed by atoms with Crippen molar-refractivity contribution < 1.29 is 0 Å². The Bertz CT molecular complexity index is 745. The average molecular weight is 307 g/mol. The molecule has 0 saturated heterocycles. The smallest absolute Gasteiger partial charge is 0.168 e. The number of amidine groups is 1. The Hall–Kier alpha value is -0.970. The van der Waals surface area contributed by atoms with Gasteiger partial charge in [0.15, 0.2) is 5.17 Å². The third-order valence-corrected chi connectivity index (χ3v) is 5.75. The molecule has 0 aliphatic carbocycles. The fraction of sp³-hybridized carbons (Fsp3) is 0.214. The molecule has 4 rings (SSSR count). The number of hydrogen-bond acceptors (Lipinski definition) is 4. The summed E-state index contributed by atoms with van der Waals surface area (Å²) in [4.78, 5) is 9.54.